The summed E-state index contributed by atoms with van der Waals surface area (Å²) in [5.41, 5.74) is 0.704. The summed E-state index contributed by atoms with van der Waals surface area (Å²) in [6.07, 6.45) is 2.28. The highest BCUT2D eigenvalue weighted by Gasteiger charge is 2.33. The second kappa shape index (κ2) is 6.03. The first-order valence-corrected chi connectivity index (χ1v) is 8.19. The Labute approximate surface area is 140 Å². The molecule has 0 radical (unpaired) electrons. The van der Waals surface area contributed by atoms with Crippen molar-refractivity contribution in [3.8, 4) is 0 Å². The van der Waals surface area contributed by atoms with Crippen LogP contribution in [0.1, 0.15) is 50.7 Å². The first kappa shape index (κ1) is 16.7. The number of carbonyl (C=O) groups is 2. The number of hydrogen-bond donors (Lipinski definition) is 1. The molecule has 0 saturated carbocycles. The van der Waals surface area contributed by atoms with Crippen molar-refractivity contribution in [1.29, 1.82) is 0 Å². The molecule has 1 N–H and O–H groups in total. The van der Waals surface area contributed by atoms with Crippen molar-refractivity contribution in [3.63, 3.8) is 0 Å². The predicted octanol–water partition coefficient (Wildman–Crippen LogP) is 2.83. The Morgan fingerprint density at radius 1 is 1.38 bits per heavy atom. The quantitative estimate of drug-likeness (QED) is 0.857. The van der Waals surface area contributed by atoms with Gasteiger partial charge in [0.25, 0.3) is 0 Å². The van der Waals surface area contributed by atoms with Gasteiger partial charge in [0, 0.05) is 24.2 Å². The number of nitrogens with zero attached hydrogens (tertiary/aromatic N) is 2. The van der Waals surface area contributed by atoms with E-state index in [0.29, 0.717) is 42.9 Å². The van der Waals surface area contributed by atoms with Crippen LogP contribution in [0.2, 0.25) is 0 Å². The molecule has 0 aliphatic carbocycles. The number of piperidine rings is 1. The fourth-order valence-corrected chi connectivity index (χ4v) is 3.28. The summed E-state index contributed by atoms with van der Waals surface area (Å²) in [7, 11) is 0. The van der Waals surface area contributed by atoms with E-state index in [4.69, 9.17) is 4.74 Å². The van der Waals surface area contributed by atoms with Gasteiger partial charge >= 0.3 is 6.09 Å². The highest BCUT2D eigenvalue weighted by molar-refractivity contribution is 5.98. The van der Waals surface area contributed by atoms with Crippen LogP contribution in [0.3, 0.4) is 0 Å². The van der Waals surface area contributed by atoms with Gasteiger partial charge in [0.05, 0.1) is 12.6 Å². The molecule has 0 spiro atoms. The van der Waals surface area contributed by atoms with Gasteiger partial charge in [-0.2, -0.15) is 0 Å². The van der Waals surface area contributed by atoms with E-state index in [-0.39, 0.29) is 30.2 Å². The molecule has 1 aromatic heterocycles. The van der Waals surface area contributed by atoms with Crippen LogP contribution in [0.5, 0.6) is 0 Å². The molecule has 2 aliphatic rings. The van der Waals surface area contributed by atoms with Crippen molar-refractivity contribution in [3.05, 3.63) is 23.1 Å². The molecule has 3 heterocycles. The van der Waals surface area contributed by atoms with Gasteiger partial charge in [0.2, 0.25) is 5.91 Å². The maximum absolute atomic E-state index is 14.3. The van der Waals surface area contributed by atoms with Gasteiger partial charge in [0.15, 0.2) is 0 Å². The SMILES string of the molecule is CC(C)(C)OC(=O)N1CCC(c2c(F)cnc3c2CC(=O)N3)CC1. The topological polar surface area (TPSA) is 71.5 Å². The molecule has 6 nitrogen and oxygen atoms in total. The van der Waals surface area contributed by atoms with E-state index in [1.807, 2.05) is 20.8 Å². The van der Waals surface area contributed by atoms with Crippen LogP contribution in [0.15, 0.2) is 6.20 Å². The van der Waals surface area contributed by atoms with Crippen LogP contribution in [-0.2, 0) is 16.0 Å². The molecule has 3 rings (SSSR count). The summed E-state index contributed by atoms with van der Waals surface area (Å²) in [5.74, 6) is -0.0874. The number of aromatic nitrogens is 1. The van der Waals surface area contributed by atoms with Crippen LogP contribution in [0.4, 0.5) is 15.0 Å². The summed E-state index contributed by atoms with van der Waals surface area (Å²) in [6.45, 7) is 6.51. The Balaban J connectivity index is 1.71. The summed E-state index contributed by atoms with van der Waals surface area (Å²) in [4.78, 5) is 29.3. The average molecular weight is 335 g/mol. The average Bonchev–Trinajstić information content (AvgIpc) is 2.86. The second-order valence-electron chi connectivity index (χ2n) is 7.31. The smallest absolute Gasteiger partial charge is 0.410 e. The number of likely N-dealkylation sites (tertiary alicyclic amines) is 1. The number of anilines is 1. The number of halogens is 1. The maximum atomic E-state index is 14.3. The van der Waals surface area contributed by atoms with Crippen LogP contribution >= 0.6 is 0 Å². The first-order chi connectivity index (χ1) is 11.2. The Morgan fingerprint density at radius 3 is 2.67 bits per heavy atom. The van der Waals surface area contributed by atoms with Gasteiger partial charge in [-0.05, 0) is 39.5 Å². The summed E-state index contributed by atoms with van der Waals surface area (Å²) in [6, 6.07) is 0. The zero-order valence-electron chi connectivity index (χ0n) is 14.2. The number of carbonyl (C=O) groups excluding carboxylic acids is 2. The normalized spacial score (nSPS) is 18.3. The van der Waals surface area contributed by atoms with Gasteiger partial charge < -0.3 is 15.0 Å². The summed E-state index contributed by atoms with van der Waals surface area (Å²) in [5, 5.41) is 2.66. The zero-order valence-corrected chi connectivity index (χ0v) is 14.2. The Hall–Kier alpha value is -2.18. The van der Waals surface area contributed by atoms with E-state index in [1.54, 1.807) is 4.90 Å². The Morgan fingerprint density at radius 2 is 2.04 bits per heavy atom. The van der Waals surface area contributed by atoms with Gasteiger partial charge in [-0.3, -0.25) is 4.79 Å². The molecule has 2 aliphatic heterocycles. The first-order valence-electron chi connectivity index (χ1n) is 8.19. The monoisotopic (exact) mass is 335 g/mol. The number of fused-ring (bicyclic) bond motifs is 1. The fourth-order valence-electron chi connectivity index (χ4n) is 3.28. The van der Waals surface area contributed by atoms with Crippen LogP contribution < -0.4 is 5.32 Å². The highest BCUT2D eigenvalue weighted by Crippen LogP contribution is 2.37. The van der Waals surface area contributed by atoms with Crippen molar-refractivity contribution < 1.29 is 18.7 Å². The molecule has 1 fully saturated rings. The van der Waals surface area contributed by atoms with Crippen molar-refractivity contribution >= 4 is 17.8 Å². The molecule has 2 amide bonds. The maximum Gasteiger partial charge on any atom is 0.410 e. The Bertz CT molecular complexity index is 676. The molecule has 130 valence electrons. The van der Waals surface area contributed by atoms with Crippen molar-refractivity contribution in [2.75, 3.05) is 18.4 Å². The van der Waals surface area contributed by atoms with Crippen LogP contribution in [-0.4, -0.2) is 40.6 Å². The van der Waals surface area contributed by atoms with E-state index >= 15 is 0 Å². The number of pyridine rings is 1. The summed E-state index contributed by atoms with van der Waals surface area (Å²) < 4.78 is 19.7. The van der Waals surface area contributed by atoms with Crippen LogP contribution in [0.25, 0.3) is 0 Å². The van der Waals surface area contributed by atoms with Gasteiger partial charge in [-0.1, -0.05) is 0 Å². The van der Waals surface area contributed by atoms with Gasteiger partial charge in [-0.15, -0.1) is 0 Å². The lowest BCUT2D eigenvalue weighted by Crippen LogP contribution is -2.41. The van der Waals surface area contributed by atoms with E-state index in [0.717, 1.165) is 0 Å². The molecule has 0 unspecified atom stereocenters. The fraction of sp³-hybridized carbons (Fsp3) is 0.588. The Kier molecular flexibility index (Phi) is 4.19. The molecule has 0 bridgehead atoms. The molecule has 1 aromatic rings. The molecule has 1 saturated heterocycles. The molecule has 24 heavy (non-hydrogen) atoms. The third-order valence-electron chi connectivity index (χ3n) is 4.33. The molecule has 7 heteroatoms. The van der Waals surface area contributed by atoms with E-state index < -0.39 is 5.60 Å². The van der Waals surface area contributed by atoms with Gasteiger partial charge in [-0.25, -0.2) is 14.2 Å². The van der Waals surface area contributed by atoms with Crippen LogP contribution in [0, 0.1) is 5.82 Å². The van der Waals surface area contributed by atoms with Crippen molar-refractivity contribution in [2.24, 2.45) is 0 Å². The summed E-state index contributed by atoms with van der Waals surface area (Å²) >= 11 is 0. The van der Waals surface area contributed by atoms with E-state index in [9.17, 15) is 14.0 Å². The number of amides is 2. The lowest BCUT2D eigenvalue weighted by Gasteiger charge is -2.34. The minimum atomic E-state index is -0.530. The van der Waals surface area contributed by atoms with E-state index in [2.05, 4.69) is 10.3 Å². The van der Waals surface area contributed by atoms with E-state index in [1.165, 1.54) is 6.20 Å². The number of rotatable bonds is 1. The van der Waals surface area contributed by atoms with Crippen molar-refractivity contribution in [2.45, 2.75) is 51.6 Å². The molecular formula is C17H22FN3O3. The van der Waals surface area contributed by atoms with Gasteiger partial charge in [0.1, 0.15) is 17.2 Å². The number of nitrogens with one attached hydrogen (secondary N) is 1. The third kappa shape index (κ3) is 3.34. The van der Waals surface area contributed by atoms with Crippen molar-refractivity contribution in [1.82, 2.24) is 9.88 Å². The lowest BCUT2D eigenvalue weighted by molar-refractivity contribution is -0.115. The molecular weight excluding hydrogens is 313 g/mol. The standard InChI is InChI=1S/C17H22FN3O3/c1-17(2,3)24-16(23)21-6-4-10(5-7-21)14-11-8-13(22)20-15(11)19-9-12(14)18/h9-10H,4-8H2,1-3H3,(H,19,20,22). The lowest BCUT2D eigenvalue weighted by atomic mass is 9.86. The minimum Gasteiger partial charge on any atom is -0.444 e. The minimum absolute atomic E-state index is 0.0202. The molecule has 0 atom stereocenters. The highest BCUT2D eigenvalue weighted by atomic mass is 19.1. The second-order valence-corrected chi connectivity index (χ2v) is 7.31. The zero-order chi connectivity index (χ0) is 17.5. The number of hydrogen-bond acceptors (Lipinski definition) is 4. The predicted molar refractivity (Wildman–Crippen MR) is 86.3 cm³/mol. The number of ether oxygens (including phenoxy) is 1. The molecule has 0 aromatic carbocycles. The largest absolute Gasteiger partial charge is 0.444 e. The third-order valence-corrected chi connectivity index (χ3v) is 4.33.